The summed E-state index contributed by atoms with van der Waals surface area (Å²) in [6, 6.07) is 15.5. The number of halogens is 1. The normalized spacial score (nSPS) is 13.0. The summed E-state index contributed by atoms with van der Waals surface area (Å²) in [5.74, 6) is 0.372. The van der Waals surface area contributed by atoms with E-state index in [1.807, 2.05) is 61.0 Å². The highest BCUT2D eigenvalue weighted by molar-refractivity contribution is 5.72. The van der Waals surface area contributed by atoms with Crippen molar-refractivity contribution in [2.45, 2.75) is 59.2 Å². The predicted octanol–water partition coefficient (Wildman–Crippen LogP) is 5.33. The van der Waals surface area contributed by atoms with Crippen molar-refractivity contribution in [2.75, 3.05) is 6.54 Å². The van der Waals surface area contributed by atoms with E-state index in [2.05, 4.69) is 20.8 Å². The van der Waals surface area contributed by atoms with Crippen LogP contribution in [0.5, 0.6) is 0 Å². The number of amides is 2. The van der Waals surface area contributed by atoms with E-state index in [0.29, 0.717) is 36.6 Å². The first kappa shape index (κ1) is 25.4. The molecule has 0 aliphatic rings. The third-order valence-electron chi connectivity index (χ3n) is 5.78. The van der Waals surface area contributed by atoms with E-state index in [-0.39, 0.29) is 11.2 Å². The summed E-state index contributed by atoms with van der Waals surface area (Å²) in [4.78, 5) is 19.3. The molecule has 3 aromatic rings. The number of hydrogen-bond acceptors (Lipinski definition) is 3. The van der Waals surface area contributed by atoms with Gasteiger partial charge in [-0.05, 0) is 43.4 Å². The van der Waals surface area contributed by atoms with Crippen LogP contribution in [0.15, 0.2) is 60.8 Å². The molecule has 4 N–H and O–H groups in total. The zero-order chi connectivity index (χ0) is 25.1. The minimum absolute atomic E-state index is 0.326. The molecule has 0 aliphatic carbocycles. The molecular weight excluding hydrogens is 429 g/mol. The quantitative estimate of drug-likeness (QED) is 0.471. The fourth-order valence-electron chi connectivity index (χ4n) is 4.11. The van der Waals surface area contributed by atoms with Gasteiger partial charge in [0.25, 0.3) is 0 Å². The van der Waals surface area contributed by atoms with Crippen molar-refractivity contribution in [3.8, 4) is 11.3 Å². The molecule has 1 aromatic heterocycles. The van der Waals surface area contributed by atoms with Crippen LogP contribution in [0.3, 0.4) is 0 Å². The molecule has 7 heteroatoms. The van der Waals surface area contributed by atoms with Crippen molar-refractivity contribution in [1.82, 2.24) is 14.5 Å². The van der Waals surface area contributed by atoms with E-state index >= 15 is 0 Å². The molecule has 3 rings (SSSR count). The topological polar surface area (TPSA) is 90.2 Å². The van der Waals surface area contributed by atoms with Gasteiger partial charge in [0.1, 0.15) is 11.6 Å². The van der Waals surface area contributed by atoms with Crippen LogP contribution in [0.1, 0.15) is 58.5 Å². The minimum Gasteiger partial charge on any atom is -0.351 e. The Morgan fingerprint density at radius 2 is 1.76 bits per heavy atom. The fraction of sp³-hybridized carbons (Fsp3) is 0.407. The number of carbonyl (C=O) groups is 1. The van der Waals surface area contributed by atoms with Crippen LogP contribution >= 0.6 is 0 Å². The zero-order valence-corrected chi connectivity index (χ0v) is 20.8. The van der Waals surface area contributed by atoms with E-state index < -0.39 is 17.6 Å². The summed E-state index contributed by atoms with van der Waals surface area (Å²) in [5, 5.41) is 0. The second-order valence-electron chi connectivity index (χ2n) is 10.6. The average Bonchev–Trinajstić information content (AvgIpc) is 3.13. The minimum atomic E-state index is -0.522. The Kier molecular flexibility index (Phi) is 7.46. The summed E-state index contributed by atoms with van der Waals surface area (Å²) in [6.07, 6.45) is 2.50. The molecule has 0 saturated heterocycles. The van der Waals surface area contributed by atoms with E-state index in [9.17, 15) is 9.18 Å². The highest BCUT2D eigenvalue weighted by Crippen LogP contribution is 2.39. The molecule has 0 fully saturated rings. The lowest BCUT2D eigenvalue weighted by Crippen LogP contribution is -2.48. The predicted molar refractivity (Wildman–Crippen MR) is 135 cm³/mol. The van der Waals surface area contributed by atoms with Gasteiger partial charge in [0.2, 0.25) is 0 Å². The molecule has 1 unspecified atom stereocenters. The van der Waals surface area contributed by atoms with Crippen molar-refractivity contribution in [3.63, 3.8) is 0 Å². The number of aromatic nitrogens is 2. The van der Waals surface area contributed by atoms with Crippen molar-refractivity contribution < 1.29 is 9.18 Å². The second kappa shape index (κ2) is 9.97. The van der Waals surface area contributed by atoms with Gasteiger partial charge >= 0.3 is 6.03 Å². The standard InChI is InChI=1S/C27H36FN5O/c1-26(2,3)23(33(25(29)34)15-14-27(4,5)30)24-31-22(20-12-9-13-21(28)16-20)18-32(24)17-19-10-7-6-8-11-19/h6-13,16,18,23H,14-15,17,30H2,1-5H3,(H2,29,34). The molecule has 1 heterocycles. The number of hydrogen-bond donors (Lipinski definition) is 2. The van der Waals surface area contributed by atoms with E-state index in [0.717, 1.165) is 5.56 Å². The Morgan fingerprint density at radius 1 is 1.09 bits per heavy atom. The Morgan fingerprint density at radius 3 is 2.32 bits per heavy atom. The SMILES string of the molecule is CC(C)(N)CCN(C(N)=O)C(c1nc(-c2cccc(F)c2)cn1Cc1ccccc1)C(C)(C)C. The number of rotatable bonds is 8. The molecule has 0 bridgehead atoms. The van der Waals surface area contributed by atoms with Crippen LogP contribution in [-0.4, -0.2) is 32.6 Å². The van der Waals surface area contributed by atoms with Gasteiger partial charge in [-0.2, -0.15) is 0 Å². The molecule has 0 saturated carbocycles. The highest BCUT2D eigenvalue weighted by atomic mass is 19.1. The second-order valence-corrected chi connectivity index (χ2v) is 10.6. The van der Waals surface area contributed by atoms with Gasteiger partial charge < -0.3 is 20.9 Å². The number of primary amides is 1. The van der Waals surface area contributed by atoms with Crippen molar-refractivity contribution in [2.24, 2.45) is 16.9 Å². The molecule has 2 aromatic carbocycles. The van der Waals surface area contributed by atoms with Gasteiger partial charge in [0, 0.05) is 30.4 Å². The first-order valence-corrected chi connectivity index (χ1v) is 11.6. The monoisotopic (exact) mass is 465 g/mol. The maximum Gasteiger partial charge on any atom is 0.315 e. The van der Waals surface area contributed by atoms with Gasteiger partial charge in [-0.3, -0.25) is 0 Å². The van der Waals surface area contributed by atoms with Crippen LogP contribution in [0.4, 0.5) is 9.18 Å². The van der Waals surface area contributed by atoms with Crippen molar-refractivity contribution >= 4 is 6.03 Å². The lowest BCUT2D eigenvalue weighted by atomic mass is 9.84. The number of nitrogens with two attached hydrogens (primary N) is 2. The molecule has 6 nitrogen and oxygen atoms in total. The van der Waals surface area contributed by atoms with Crippen molar-refractivity contribution in [3.05, 3.63) is 78.0 Å². The van der Waals surface area contributed by atoms with E-state index in [4.69, 9.17) is 16.5 Å². The lowest BCUT2D eigenvalue weighted by molar-refractivity contribution is 0.109. The Labute approximate surface area is 201 Å². The highest BCUT2D eigenvalue weighted by Gasteiger charge is 2.38. The summed E-state index contributed by atoms with van der Waals surface area (Å²) in [5.41, 5.74) is 13.7. The molecular formula is C27H36FN5O. The Balaban J connectivity index is 2.15. The van der Waals surface area contributed by atoms with Crippen LogP contribution in [0.25, 0.3) is 11.3 Å². The molecule has 0 spiro atoms. The number of nitrogens with zero attached hydrogens (tertiary/aromatic N) is 3. The molecule has 0 aliphatic heterocycles. The maximum absolute atomic E-state index is 14.0. The lowest BCUT2D eigenvalue weighted by Gasteiger charge is -2.40. The van der Waals surface area contributed by atoms with E-state index in [1.54, 1.807) is 11.0 Å². The van der Waals surface area contributed by atoms with E-state index in [1.165, 1.54) is 12.1 Å². The number of carbonyl (C=O) groups excluding carboxylic acids is 1. The third kappa shape index (κ3) is 6.44. The molecule has 2 amide bonds. The smallest absolute Gasteiger partial charge is 0.315 e. The van der Waals surface area contributed by atoms with Crippen molar-refractivity contribution in [1.29, 1.82) is 0 Å². The third-order valence-corrected chi connectivity index (χ3v) is 5.78. The maximum atomic E-state index is 14.0. The molecule has 34 heavy (non-hydrogen) atoms. The number of benzene rings is 2. The Bertz CT molecular complexity index is 1110. The van der Waals surface area contributed by atoms with Gasteiger partial charge in [-0.15, -0.1) is 0 Å². The fourth-order valence-corrected chi connectivity index (χ4v) is 4.11. The zero-order valence-electron chi connectivity index (χ0n) is 20.8. The number of urea groups is 1. The van der Waals surface area contributed by atoms with Crippen LogP contribution in [0, 0.1) is 11.2 Å². The van der Waals surface area contributed by atoms with Crippen LogP contribution < -0.4 is 11.5 Å². The Hall–Kier alpha value is -3.19. The first-order valence-electron chi connectivity index (χ1n) is 11.6. The summed E-state index contributed by atoms with van der Waals surface area (Å²) in [7, 11) is 0. The number of imidazole rings is 1. The van der Waals surface area contributed by atoms with Crippen LogP contribution in [-0.2, 0) is 6.54 Å². The summed E-state index contributed by atoms with van der Waals surface area (Å²) < 4.78 is 16.0. The van der Waals surface area contributed by atoms with Gasteiger partial charge in [-0.1, -0.05) is 63.2 Å². The average molecular weight is 466 g/mol. The van der Waals surface area contributed by atoms with Gasteiger partial charge in [-0.25, -0.2) is 14.2 Å². The largest absolute Gasteiger partial charge is 0.351 e. The van der Waals surface area contributed by atoms with Gasteiger partial charge in [0.05, 0.1) is 11.7 Å². The van der Waals surface area contributed by atoms with Gasteiger partial charge in [0.15, 0.2) is 0 Å². The summed E-state index contributed by atoms with van der Waals surface area (Å²) >= 11 is 0. The summed E-state index contributed by atoms with van der Waals surface area (Å²) in [6.45, 7) is 11.0. The molecule has 182 valence electrons. The first-order chi connectivity index (χ1) is 15.8. The molecule has 0 radical (unpaired) electrons. The molecule has 1 atom stereocenters. The van der Waals surface area contributed by atoms with Crippen LogP contribution in [0.2, 0.25) is 0 Å².